The largest absolute Gasteiger partial charge is 0.492 e. The first-order chi connectivity index (χ1) is 13.8. The van der Waals surface area contributed by atoms with Gasteiger partial charge >= 0.3 is 0 Å². The topological polar surface area (TPSA) is 93.0 Å². The zero-order valence-electron chi connectivity index (χ0n) is 16.0. The normalized spacial score (nSPS) is 15.9. The van der Waals surface area contributed by atoms with Crippen LogP contribution in [-0.2, 0) is 10.0 Å². The number of benzene rings is 2. The number of hydrogen-bond donors (Lipinski definition) is 0. The van der Waals surface area contributed by atoms with Gasteiger partial charge in [0, 0.05) is 48.8 Å². The summed E-state index contributed by atoms with van der Waals surface area (Å²) in [5.74, 6) is 0.779. The van der Waals surface area contributed by atoms with Gasteiger partial charge < -0.3 is 4.74 Å². The van der Waals surface area contributed by atoms with Gasteiger partial charge in [0.1, 0.15) is 12.4 Å². The summed E-state index contributed by atoms with van der Waals surface area (Å²) < 4.78 is 33.8. The van der Waals surface area contributed by atoms with Gasteiger partial charge in [0.15, 0.2) is 0 Å². The molecule has 1 fully saturated rings. The van der Waals surface area contributed by atoms with Gasteiger partial charge in [-0.05, 0) is 31.2 Å². The van der Waals surface area contributed by atoms with E-state index < -0.39 is 14.9 Å². The van der Waals surface area contributed by atoms with Crippen molar-refractivity contribution < 1.29 is 18.1 Å². The summed E-state index contributed by atoms with van der Waals surface area (Å²) in [4.78, 5) is 12.7. The minimum atomic E-state index is -3.76. The molecule has 10 heteroatoms. The predicted molar refractivity (Wildman–Crippen MR) is 113 cm³/mol. The number of aryl methyl sites for hydroxylation is 1. The first-order valence-electron chi connectivity index (χ1n) is 9.13. The van der Waals surface area contributed by atoms with Crippen molar-refractivity contribution in [3.05, 3.63) is 62.6 Å². The van der Waals surface area contributed by atoms with Crippen molar-refractivity contribution in [2.24, 2.45) is 0 Å². The van der Waals surface area contributed by atoms with Crippen LogP contribution in [0.4, 0.5) is 5.69 Å². The maximum atomic E-state index is 12.9. The Morgan fingerprint density at radius 1 is 1.14 bits per heavy atom. The van der Waals surface area contributed by atoms with E-state index in [-0.39, 0.29) is 10.6 Å². The molecule has 0 amide bonds. The third-order valence-electron chi connectivity index (χ3n) is 4.82. The molecule has 8 nitrogen and oxygen atoms in total. The van der Waals surface area contributed by atoms with Crippen molar-refractivity contribution in [3.63, 3.8) is 0 Å². The molecule has 2 aromatic carbocycles. The van der Waals surface area contributed by atoms with Crippen LogP contribution in [0.15, 0.2) is 51.8 Å². The van der Waals surface area contributed by atoms with Crippen LogP contribution in [-0.4, -0.2) is 61.9 Å². The van der Waals surface area contributed by atoms with Crippen LogP contribution in [0.25, 0.3) is 0 Å². The quantitative estimate of drug-likeness (QED) is 0.443. The molecule has 0 unspecified atom stereocenters. The van der Waals surface area contributed by atoms with Gasteiger partial charge in [-0.1, -0.05) is 28.1 Å². The Hall–Kier alpha value is -2.01. The highest BCUT2D eigenvalue weighted by atomic mass is 79.9. The van der Waals surface area contributed by atoms with Crippen LogP contribution in [0.3, 0.4) is 0 Å². The third-order valence-corrected chi connectivity index (χ3v) is 7.21. The van der Waals surface area contributed by atoms with Crippen molar-refractivity contribution in [1.29, 1.82) is 0 Å². The fourth-order valence-electron chi connectivity index (χ4n) is 3.14. The Labute approximate surface area is 178 Å². The van der Waals surface area contributed by atoms with Crippen molar-refractivity contribution in [2.75, 3.05) is 39.3 Å². The van der Waals surface area contributed by atoms with Gasteiger partial charge in [-0.15, -0.1) is 0 Å². The molecule has 29 heavy (non-hydrogen) atoms. The molecular formula is C19H22BrN3O5S. The number of piperazine rings is 1. The second-order valence-electron chi connectivity index (χ2n) is 6.76. The molecule has 1 aliphatic rings. The second kappa shape index (κ2) is 9.21. The summed E-state index contributed by atoms with van der Waals surface area (Å²) in [6.45, 7) is 4.61. The number of hydrogen-bond acceptors (Lipinski definition) is 6. The first-order valence-corrected chi connectivity index (χ1v) is 11.4. The fourth-order valence-corrected chi connectivity index (χ4v) is 4.96. The summed E-state index contributed by atoms with van der Waals surface area (Å²) in [7, 11) is -3.76. The highest BCUT2D eigenvalue weighted by Crippen LogP contribution is 2.25. The van der Waals surface area contributed by atoms with Crippen molar-refractivity contribution in [2.45, 2.75) is 11.8 Å². The molecule has 0 radical (unpaired) electrons. The molecule has 3 rings (SSSR count). The average molecular weight is 484 g/mol. The Bertz CT molecular complexity index is 991. The molecule has 0 atom stereocenters. The lowest BCUT2D eigenvalue weighted by Gasteiger charge is -2.33. The summed E-state index contributed by atoms with van der Waals surface area (Å²) in [6.07, 6.45) is 0. The van der Waals surface area contributed by atoms with E-state index in [1.165, 1.54) is 16.4 Å². The highest BCUT2D eigenvalue weighted by Gasteiger charge is 2.30. The average Bonchev–Trinajstić information content (AvgIpc) is 2.68. The van der Waals surface area contributed by atoms with Gasteiger partial charge in [-0.25, -0.2) is 8.42 Å². The number of ether oxygens (including phenoxy) is 1. The molecule has 1 heterocycles. The molecule has 156 valence electrons. The molecule has 1 saturated heterocycles. The molecule has 2 aromatic rings. The lowest BCUT2D eigenvalue weighted by molar-refractivity contribution is -0.385. The van der Waals surface area contributed by atoms with Crippen LogP contribution < -0.4 is 4.74 Å². The smallest absolute Gasteiger partial charge is 0.273 e. The van der Waals surface area contributed by atoms with E-state index in [4.69, 9.17) is 4.74 Å². The SMILES string of the molecule is Cc1ccc(S(=O)(=O)N2CCN(CCOc3cccc(Br)c3)CC2)cc1[N+](=O)[O-]. The molecule has 0 aliphatic carbocycles. The Balaban J connectivity index is 1.55. The maximum absolute atomic E-state index is 12.9. The molecular weight excluding hydrogens is 462 g/mol. The molecule has 0 aromatic heterocycles. The summed E-state index contributed by atoms with van der Waals surface area (Å²) in [5, 5.41) is 11.1. The van der Waals surface area contributed by atoms with Crippen LogP contribution >= 0.6 is 15.9 Å². The number of nitro benzene ring substituents is 1. The summed E-state index contributed by atoms with van der Waals surface area (Å²) in [5.41, 5.74) is 0.249. The van der Waals surface area contributed by atoms with Crippen molar-refractivity contribution >= 4 is 31.6 Å². The zero-order chi connectivity index (χ0) is 21.0. The summed E-state index contributed by atoms with van der Waals surface area (Å²) >= 11 is 3.40. The Morgan fingerprint density at radius 2 is 1.86 bits per heavy atom. The van der Waals surface area contributed by atoms with E-state index in [1.54, 1.807) is 6.92 Å². The predicted octanol–water partition coefficient (Wildman–Crippen LogP) is 3.05. The van der Waals surface area contributed by atoms with Gasteiger partial charge in [0.05, 0.1) is 9.82 Å². The van der Waals surface area contributed by atoms with E-state index in [9.17, 15) is 18.5 Å². The van der Waals surface area contributed by atoms with Crippen LogP contribution in [0.2, 0.25) is 0 Å². The van der Waals surface area contributed by atoms with Gasteiger partial charge in [0.25, 0.3) is 5.69 Å². The van der Waals surface area contributed by atoms with E-state index in [2.05, 4.69) is 20.8 Å². The van der Waals surface area contributed by atoms with Crippen molar-refractivity contribution in [1.82, 2.24) is 9.21 Å². The second-order valence-corrected chi connectivity index (χ2v) is 9.61. The number of rotatable bonds is 7. The van der Waals surface area contributed by atoms with E-state index >= 15 is 0 Å². The number of halogens is 1. The monoisotopic (exact) mass is 483 g/mol. The molecule has 1 aliphatic heterocycles. The highest BCUT2D eigenvalue weighted by molar-refractivity contribution is 9.10. The minimum absolute atomic E-state index is 0.0405. The van der Waals surface area contributed by atoms with E-state index in [0.717, 1.165) is 16.3 Å². The summed E-state index contributed by atoms with van der Waals surface area (Å²) in [6, 6.07) is 11.6. The maximum Gasteiger partial charge on any atom is 0.273 e. The number of nitro groups is 1. The lowest BCUT2D eigenvalue weighted by Crippen LogP contribution is -2.49. The minimum Gasteiger partial charge on any atom is -0.492 e. The van der Waals surface area contributed by atoms with Gasteiger partial charge in [-0.2, -0.15) is 4.31 Å². The van der Waals surface area contributed by atoms with Gasteiger partial charge in [0.2, 0.25) is 10.0 Å². The van der Waals surface area contributed by atoms with Crippen LogP contribution in [0.5, 0.6) is 5.75 Å². The zero-order valence-corrected chi connectivity index (χ0v) is 18.4. The molecule has 0 saturated carbocycles. The number of sulfonamides is 1. The first kappa shape index (κ1) is 21.7. The molecule has 0 spiro atoms. The van der Waals surface area contributed by atoms with Gasteiger partial charge in [-0.3, -0.25) is 15.0 Å². The van der Waals surface area contributed by atoms with E-state index in [0.29, 0.717) is 44.9 Å². The third kappa shape index (κ3) is 5.33. The van der Waals surface area contributed by atoms with Crippen LogP contribution in [0, 0.1) is 17.0 Å². The fraction of sp³-hybridized carbons (Fsp3) is 0.368. The standard InChI is InChI=1S/C19H22BrN3O5S/c1-15-5-6-18(14-19(15)23(24)25)29(26,27)22-9-7-21(8-10-22)11-12-28-17-4-2-3-16(20)13-17/h2-6,13-14H,7-12H2,1H3. The van der Waals surface area contributed by atoms with Crippen LogP contribution in [0.1, 0.15) is 5.56 Å². The lowest BCUT2D eigenvalue weighted by atomic mass is 10.2. The molecule has 0 N–H and O–H groups in total. The van der Waals surface area contributed by atoms with E-state index in [1.807, 2.05) is 24.3 Å². The Kier molecular flexibility index (Phi) is 6.89. The number of nitrogens with zero attached hydrogens (tertiary/aromatic N) is 3. The van der Waals surface area contributed by atoms with Crippen molar-refractivity contribution in [3.8, 4) is 5.75 Å². The molecule has 0 bridgehead atoms. The Morgan fingerprint density at radius 3 is 2.52 bits per heavy atom.